The first kappa shape index (κ1) is 11.5. The van der Waals surface area contributed by atoms with E-state index in [4.69, 9.17) is 5.73 Å². The van der Waals surface area contributed by atoms with Crippen LogP contribution in [0.15, 0.2) is 18.5 Å². The number of aromatic nitrogens is 1. The molecule has 1 rings (SSSR count). The number of rotatable bonds is 4. The summed E-state index contributed by atoms with van der Waals surface area (Å²) in [6.45, 7) is 0.741. The number of nitrogens with two attached hydrogens (primary N) is 1. The summed E-state index contributed by atoms with van der Waals surface area (Å²) in [5, 5.41) is 2.57. The van der Waals surface area contributed by atoms with Crippen LogP contribution in [0.4, 0.5) is 5.69 Å². The second-order valence-electron chi connectivity index (χ2n) is 3.24. The highest BCUT2D eigenvalue weighted by atomic mass is 16.1. The number of nitrogens with zero attached hydrogens (tertiary/aromatic N) is 2. The summed E-state index contributed by atoms with van der Waals surface area (Å²) in [6, 6.07) is 1.86. The van der Waals surface area contributed by atoms with Crippen molar-refractivity contribution in [2.45, 2.75) is 6.54 Å². The topological polar surface area (TPSA) is 71.2 Å². The Hall–Kier alpha value is -1.62. The van der Waals surface area contributed by atoms with Gasteiger partial charge in [-0.05, 0) is 11.6 Å². The van der Waals surface area contributed by atoms with Crippen LogP contribution in [0.25, 0.3) is 0 Å². The quantitative estimate of drug-likeness (QED) is 0.714. The first-order valence-corrected chi connectivity index (χ1v) is 4.73. The molecule has 0 spiro atoms. The molecule has 0 saturated carbocycles. The van der Waals surface area contributed by atoms with E-state index in [1.807, 2.05) is 18.0 Å². The second kappa shape index (κ2) is 5.31. The third-order valence-electron chi connectivity index (χ3n) is 2.18. The molecule has 0 aromatic carbocycles. The smallest absolute Gasteiger partial charge is 0.239 e. The SMILES string of the molecule is CNC(=O)CN(C)c1cnccc1CN. The van der Waals surface area contributed by atoms with Gasteiger partial charge in [-0.25, -0.2) is 0 Å². The molecule has 3 N–H and O–H groups in total. The Morgan fingerprint density at radius 1 is 1.67 bits per heavy atom. The highest BCUT2D eigenvalue weighted by molar-refractivity contribution is 5.81. The van der Waals surface area contributed by atoms with Gasteiger partial charge in [0.25, 0.3) is 0 Å². The fourth-order valence-corrected chi connectivity index (χ4v) is 1.31. The summed E-state index contributed by atoms with van der Waals surface area (Å²) in [5.74, 6) is -0.0377. The number of amides is 1. The highest BCUT2D eigenvalue weighted by Gasteiger charge is 2.09. The summed E-state index contributed by atoms with van der Waals surface area (Å²) in [6.07, 6.45) is 3.41. The third kappa shape index (κ3) is 2.92. The lowest BCUT2D eigenvalue weighted by Crippen LogP contribution is -2.33. The van der Waals surface area contributed by atoms with Crippen LogP contribution in [0.2, 0.25) is 0 Å². The monoisotopic (exact) mass is 208 g/mol. The van der Waals surface area contributed by atoms with Crippen molar-refractivity contribution >= 4 is 11.6 Å². The number of pyridine rings is 1. The van der Waals surface area contributed by atoms with E-state index in [1.54, 1.807) is 19.4 Å². The summed E-state index contributed by atoms with van der Waals surface area (Å²) >= 11 is 0. The summed E-state index contributed by atoms with van der Waals surface area (Å²) in [7, 11) is 3.45. The molecule has 1 aromatic heterocycles. The summed E-state index contributed by atoms with van der Waals surface area (Å²) < 4.78 is 0. The normalized spacial score (nSPS) is 9.80. The van der Waals surface area contributed by atoms with E-state index in [-0.39, 0.29) is 5.91 Å². The van der Waals surface area contributed by atoms with Crippen molar-refractivity contribution in [1.29, 1.82) is 0 Å². The molecule has 0 fully saturated rings. The second-order valence-corrected chi connectivity index (χ2v) is 3.24. The highest BCUT2D eigenvalue weighted by Crippen LogP contribution is 2.16. The van der Waals surface area contributed by atoms with Crippen LogP contribution in [0, 0.1) is 0 Å². The van der Waals surface area contributed by atoms with Crippen LogP contribution in [-0.4, -0.2) is 31.5 Å². The number of anilines is 1. The summed E-state index contributed by atoms with van der Waals surface area (Å²) in [4.78, 5) is 17.0. The van der Waals surface area contributed by atoms with Crippen LogP contribution in [0.1, 0.15) is 5.56 Å². The Labute approximate surface area is 89.3 Å². The number of hydrogen-bond acceptors (Lipinski definition) is 4. The first-order chi connectivity index (χ1) is 7.19. The van der Waals surface area contributed by atoms with Crippen molar-refractivity contribution in [2.24, 2.45) is 5.73 Å². The molecule has 5 nitrogen and oxygen atoms in total. The Kier molecular flexibility index (Phi) is 4.05. The van der Waals surface area contributed by atoms with Gasteiger partial charge in [0.15, 0.2) is 0 Å². The minimum absolute atomic E-state index is 0.0377. The Morgan fingerprint density at radius 3 is 3.00 bits per heavy atom. The fourth-order valence-electron chi connectivity index (χ4n) is 1.31. The molecule has 0 aliphatic heterocycles. The lowest BCUT2D eigenvalue weighted by atomic mass is 10.2. The molecule has 1 amide bonds. The van der Waals surface area contributed by atoms with Gasteiger partial charge in [-0.3, -0.25) is 9.78 Å². The van der Waals surface area contributed by atoms with Crippen molar-refractivity contribution in [3.8, 4) is 0 Å². The number of nitrogens with one attached hydrogen (secondary N) is 1. The Bertz CT molecular complexity index is 340. The zero-order valence-corrected chi connectivity index (χ0v) is 9.03. The number of hydrogen-bond donors (Lipinski definition) is 2. The van der Waals surface area contributed by atoms with Gasteiger partial charge in [-0.15, -0.1) is 0 Å². The van der Waals surface area contributed by atoms with Gasteiger partial charge >= 0.3 is 0 Å². The predicted octanol–water partition coefficient (Wildman–Crippen LogP) is -0.278. The molecule has 5 heteroatoms. The molecule has 1 aromatic rings. The molecule has 82 valence electrons. The van der Waals surface area contributed by atoms with Gasteiger partial charge in [0, 0.05) is 26.8 Å². The molecule has 0 aliphatic rings. The van der Waals surface area contributed by atoms with Crippen molar-refractivity contribution in [2.75, 3.05) is 25.5 Å². The van der Waals surface area contributed by atoms with Crippen LogP contribution in [0.3, 0.4) is 0 Å². The van der Waals surface area contributed by atoms with E-state index in [0.717, 1.165) is 11.3 Å². The van der Waals surface area contributed by atoms with Crippen LogP contribution in [-0.2, 0) is 11.3 Å². The maximum Gasteiger partial charge on any atom is 0.239 e. The van der Waals surface area contributed by atoms with Gasteiger partial charge < -0.3 is 16.0 Å². The van der Waals surface area contributed by atoms with Gasteiger partial charge in [-0.1, -0.05) is 0 Å². The van der Waals surface area contributed by atoms with Gasteiger partial charge in [0.05, 0.1) is 18.4 Å². The van der Waals surface area contributed by atoms with Crippen LogP contribution >= 0.6 is 0 Å². The molecule has 0 aliphatic carbocycles. The minimum Gasteiger partial charge on any atom is -0.364 e. The summed E-state index contributed by atoms with van der Waals surface area (Å²) in [5.41, 5.74) is 7.47. The Morgan fingerprint density at radius 2 is 2.40 bits per heavy atom. The average Bonchev–Trinajstić information content (AvgIpc) is 2.28. The third-order valence-corrected chi connectivity index (χ3v) is 2.18. The average molecular weight is 208 g/mol. The zero-order chi connectivity index (χ0) is 11.3. The number of carbonyl (C=O) groups excluding carboxylic acids is 1. The molecule has 0 bridgehead atoms. The van der Waals surface area contributed by atoms with E-state index in [0.29, 0.717) is 13.1 Å². The predicted molar refractivity (Wildman–Crippen MR) is 59.5 cm³/mol. The van der Waals surface area contributed by atoms with Crippen molar-refractivity contribution < 1.29 is 4.79 Å². The standard InChI is InChI=1S/C10H16N4O/c1-12-10(15)7-14(2)9-6-13-4-3-8(9)5-11/h3-4,6H,5,7,11H2,1-2H3,(H,12,15). The molecule has 1 heterocycles. The number of carbonyl (C=O) groups is 1. The molecule has 0 saturated heterocycles. The van der Waals surface area contributed by atoms with Crippen molar-refractivity contribution in [3.05, 3.63) is 24.0 Å². The van der Waals surface area contributed by atoms with E-state index >= 15 is 0 Å². The molecule has 15 heavy (non-hydrogen) atoms. The number of likely N-dealkylation sites (N-methyl/N-ethyl adjacent to an activating group) is 2. The molecule has 0 atom stereocenters. The molecular formula is C10H16N4O. The lowest BCUT2D eigenvalue weighted by Gasteiger charge is -2.20. The van der Waals surface area contributed by atoms with E-state index in [2.05, 4.69) is 10.3 Å². The maximum atomic E-state index is 11.2. The largest absolute Gasteiger partial charge is 0.364 e. The van der Waals surface area contributed by atoms with Crippen LogP contribution in [0.5, 0.6) is 0 Å². The Balaban J connectivity index is 2.80. The minimum atomic E-state index is -0.0377. The molecule has 0 radical (unpaired) electrons. The van der Waals surface area contributed by atoms with Gasteiger partial charge in [-0.2, -0.15) is 0 Å². The van der Waals surface area contributed by atoms with Crippen LogP contribution < -0.4 is 16.0 Å². The lowest BCUT2D eigenvalue weighted by molar-refractivity contribution is -0.119. The van der Waals surface area contributed by atoms with Crippen molar-refractivity contribution in [3.63, 3.8) is 0 Å². The first-order valence-electron chi connectivity index (χ1n) is 4.73. The molecular weight excluding hydrogens is 192 g/mol. The fraction of sp³-hybridized carbons (Fsp3) is 0.400. The van der Waals surface area contributed by atoms with E-state index in [9.17, 15) is 4.79 Å². The van der Waals surface area contributed by atoms with E-state index < -0.39 is 0 Å². The van der Waals surface area contributed by atoms with Gasteiger partial charge in [0.1, 0.15) is 0 Å². The van der Waals surface area contributed by atoms with Crippen molar-refractivity contribution in [1.82, 2.24) is 10.3 Å². The maximum absolute atomic E-state index is 11.2. The van der Waals surface area contributed by atoms with Gasteiger partial charge in [0.2, 0.25) is 5.91 Å². The van der Waals surface area contributed by atoms with E-state index in [1.165, 1.54) is 0 Å². The zero-order valence-electron chi connectivity index (χ0n) is 9.03. The molecule has 0 unspecified atom stereocenters.